The summed E-state index contributed by atoms with van der Waals surface area (Å²) in [5.41, 5.74) is 2.35. The van der Waals surface area contributed by atoms with E-state index in [1.165, 1.54) is 5.56 Å². The predicted octanol–water partition coefficient (Wildman–Crippen LogP) is 2.93. The molecule has 2 aliphatic carbocycles. The predicted molar refractivity (Wildman–Crippen MR) is 61.2 cm³/mol. The number of ether oxygens (including phenoxy) is 1. The molecule has 0 aromatic heterocycles. The van der Waals surface area contributed by atoms with Crippen molar-refractivity contribution in [1.82, 2.24) is 0 Å². The van der Waals surface area contributed by atoms with Crippen LogP contribution >= 0.6 is 0 Å². The van der Waals surface area contributed by atoms with Crippen molar-refractivity contribution in [3.63, 3.8) is 0 Å². The molecule has 1 aliphatic heterocycles. The van der Waals surface area contributed by atoms with Gasteiger partial charge in [-0.3, -0.25) is 0 Å². The van der Waals surface area contributed by atoms with Crippen molar-refractivity contribution in [2.75, 3.05) is 0 Å². The standard InChI is InChI=1S/C14H15FO2/c15-9-5-3-7-1-2-8-4-6-10(16)14-12(8)11(7)13(9)17-14/h4,6-7,9,11,13,16H,1-3,5H2/t7?,9?,11?,13-/m1/s1. The van der Waals surface area contributed by atoms with Gasteiger partial charge in [-0.1, -0.05) is 6.07 Å². The van der Waals surface area contributed by atoms with E-state index in [9.17, 15) is 9.50 Å². The van der Waals surface area contributed by atoms with Gasteiger partial charge in [0.1, 0.15) is 12.3 Å². The Bertz CT molecular complexity index is 485. The lowest BCUT2D eigenvalue weighted by atomic mass is 9.67. The zero-order chi connectivity index (χ0) is 11.6. The lowest BCUT2D eigenvalue weighted by Crippen LogP contribution is -2.40. The fourth-order valence-corrected chi connectivity index (χ4v) is 3.89. The Kier molecular flexibility index (Phi) is 1.81. The minimum Gasteiger partial charge on any atom is -0.504 e. The van der Waals surface area contributed by atoms with Crippen LogP contribution in [0.15, 0.2) is 12.1 Å². The molecule has 3 aliphatic rings. The number of benzene rings is 1. The second kappa shape index (κ2) is 3.15. The van der Waals surface area contributed by atoms with Crippen LogP contribution in [0.25, 0.3) is 0 Å². The molecule has 1 saturated carbocycles. The van der Waals surface area contributed by atoms with E-state index in [-0.39, 0.29) is 17.8 Å². The van der Waals surface area contributed by atoms with Crippen molar-refractivity contribution >= 4 is 0 Å². The first-order valence-corrected chi connectivity index (χ1v) is 6.41. The molecule has 17 heavy (non-hydrogen) atoms. The van der Waals surface area contributed by atoms with Crippen LogP contribution in [0.4, 0.5) is 4.39 Å². The first-order valence-electron chi connectivity index (χ1n) is 6.41. The fourth-order valence-electron chi connectivity index (χ4n) is 3.89. The number of phenols is 1. The summed E-state index contributed by atoms with van der Waals surface area (Å²) in [6.45, 7) is 0. The number of hydrogen-bond donors (Lipinski definition) is 1. The van der Waals surface area contributed by atoms with Gasteiger partial charge < -0.3 is 9.84 Å². The molecule has 1 fully saturated rings. The van der Waals surface area contributed by atoms with E-state index in [0.717, 1.165) is 24.8 Å². The van der Waals surface area contributed by atoms with Gasteiger partial charge in [0.25, 0.3) is 0 Å². The number of hydrogen-bond acceptors (Lipinski definition) is 2. The van der Waals surface area contributed by atoms with Crippen LogP contribution in [-0.2, 0) is 6.42 Å². The van der Waals surface area contributed by atoms with Crippen molar-refractivity contribution < 1.29 is 14.2 Å². The zero-order valence-corrected chi connectivity index (χ0v) is 9.53. The van der Waals surface area contributed by atoms with Crippen LogP contribution in [0, 0.1) is 5.92 Å². The third-order valence-electron chi connectivity index (χ3n) is 4.67. The van der Waals surface area contributed by atoms with Crippen LogP contribution in [0.3, 0.4) is 0 Å². The lowest BCUT2D eigenvalue weighted by Gasteiger charge is -2.38. The van der Waals surface area contributed by atoms with E-state index in [0.29, 0.717) is 18.1 Å². The molecule has 0 bridgehead atoms. The molecule has 1 aromatic carbocycles. The highest BCUT2D eigenvalue weighted by Crippen LogP contribution is 2.56. The van der Waals surface area contributed by atoms with Crippen LogP contribution in [0.2, 0.25) is 0 Å². The van der Waals surface area contributed by atoms with E-state index in [1.54, 1.807) is 6.07 Å². The SMILES string of the molecule is Oc1ccc2c3c1O[C@@H]1C(F)CCC(CC2)C31. The number of phenolic OH excluding ortho intramolecular Hbond substituents is 1. The maximum atomic E-state index is 14.0. The molecule has 1 aromatic rings. The summed E-state index contributed by atoms with van der Waals surface area (Å²) < 4.78 is 19.7. The van der Waals surface area contributed by atoms with Gasteiger partial charge in [0.2, 0.25) is 0 Å². The molecule has 0 amide bonds. The van der Waals surface area contributed by atoms with E-state index in [1.807, 2.05) is 6.07 Å². The third-order valence-corrected chi connectivity index (χ3v) is 4.67. The highest BCUT2D eigenvalue weighted by molar-refractivity contribution is 5.56. The average Bonchev–Trinajstić information content (AvgIpc) is 2.75. The zero-order valence-electron chi connectivity index (χ0n) is 9.53. The van der Waals surface area contributed by atoms with Crippen molar-refractivity contribution in [1.29, 1.82) is 0 Å². The summed E-state index contributed by atoms with van der Waals surface area (Å²) in [4.78, 5) is 0. The Morgan fingerprint density at radius 2 is 2.12 bits per heavy atom. The van der Waals surface area contributed by atoms with Crippen LogP contribution in [0.5, 0.6) is 11.5 Å². The van der Waals surface area contributed by atoms with Gasteiger partial charge in [0, 0.05) is 11.5 Å². The summed E-state index contributed by atoms with van der Waals surface area (Å²) in [6.07, 6.45) is 2.51. The minimum absolute atomic E-state index is 0.172. The number of halogens is 1. The third kappa shape index (κ3) is 1.15. The van der Waals surface area contributed by atoms with Gasteiger partial charge in [-0.25, -0.2) is 4.39 Å². The maximum absolute atomic E-state index is 14.0. The fraction of sp³-hybridized carbons (Fsp3) is 0.571. The van der Waals surface area contributed by atoms with Crippen LogP contribution in [0.1, 0.15) is 36.3 Å². The molecule has 3 heteroatoms. The number of aryl methyl sites for hydroxylation is 1. The van der Waals surface area contributed by atoms with Gasteiger partial charge in [-0.15, -0.1) is 0 Å². The molecule has 4 atom stereocenters. The second-order valence-electron chi connectivity index (χ2n) is 5.49. The van der Waals surface area contributed by atoms with Crippen molar-refractivity contribution in [3.05, 3.63) is 23.3 Å². The highest BCUT2D eigenvalue weighted by atomic mass is 19.1. The van der Waals surface area contributed by atoms with E-state index in [4.69, 9.17) is 4.74 Å². The van der Waals surface area contributed by atoms with Crippen molar-refractivity contribution in [2.24, 2.45) is 5.92 Å². The normalized spacial score (nSPS) is 37.5. The van der Waals surface area contributed by atoms with Crippen LogP contribution in [-0.4, -0.2) is 17.4 Å². The number of alkyl halides is 1. The van der Waals surface area contributed by atoms with E-state index < -0.39 is 6.17 Å². The van der Waals surface area contributed by atoms with Crippen molar-refractivity contribution in [3.8, 4) is 11.5 Å². The minimum atomic E-state index is -0.881. The Balaban J connectivity index is 1.92. The molecule has 1 N–H and O–H groups in total. The van der Waals surface area contributed by atoms with Gasteiger partial charge in [0.15, 0.2) is 11.5 Å². The van der Waals surface area contributed by atoms with Gasteiger partial charge in [-0.05, 0) is 43.2 Å². The monoisotopic (exact) mass is 234 g/mol. The Labute approximate surface area is 99.4 Å². The largest absolute Gasteiger partial charge is 0.504 e. The van der Waals surface area contributed by atoms with Crippen LogP contribution < -0.4 is 4.74 Å². The topological polar surface area (TPSA) is 29.5 Å². The Morgan fingerprint density at radius 3 is 3.00 bits per heavy atom. The van der Waals surface area contributed by atoms with E-state index in [2.05, 4.69) is 0 Å². The number of aromatic hydroxyl groups is 1. The Hall–Kier alpha value is -1.25. The molecule has 4 rings (SSSR count). The lowest BCUT2D eigenvalue weighted by molar-refractivity contribution is 0.0371. The Morgan fingerprint density at radius 1 is 1.24 bits per heavy atom. The summed E-state index contributed by atoms with van der Waals surface area (Å²) >= 11 is 0. The van der Waals surface area contributed by atoms with Crippen molar-refractivity contribution in [2.45, 2.75) is 43.9 Å². The summed E-state index contributed by atoms with van der Waals surface area (Å²) in [5, 5.41) is 9.85. The molecule has 0 radical (unpaired) electrons. The second-order valence-corrected chi connectivity index (χ2v) is 5.49. The molecule has 0 saturated heterocycles. The molecular formula is C14H15FO2. The molecule has 90 valence electrons. The average molecular weight is 234 g/mol. The summed E-state index contributed by atoms with van der Waals surface area (Å²) in [6, 6.07) is 3.65. The molecule has 0 spiro atoms. The summed E-state index contributed by atoms with van der Waals surface area (Å²) in [7, 11) is 0. The molecule has 2 nitrogen and oxygen atoms in total. The first kappa shape index (κ1) is 9.75. The summed E-state index contributed by atoms with van der Waals surface area (Å²) in [5.74, 6) is 1.46. The molecular weight excluding hydrogens is 219 g/mol. The van der Waals surface area contributed by atoms with Gasteiger partial charge >= 0.3 is 0 Å². The quantitative estimate of drug-likeness (QED) is 0.748. The maximum Gasteiger partial charge on any atom is 0.165 e. The van der Waals surface area contributed by atoms with Gasteiger partial charge in [0.05, 0.1) is 0 Å². The highest BCUT2D eigenvalue weighted by Gasteiger charge is 2.50. The molecule has 1 heterocycles. The first-order chi connectivity index (χ1) is 8.25. The number of rotatable bonds is 0. The van der Waals surface area contributed by atoms with E-state index >= 15 is 0 Å². The smallest absolute Gasteiger partial charge is 0.165 e. The molecule has 3 unspecified atom stereocenters. The van der Waals surface area contributed by atoms with Gasteiger partial charge in [-0.2, -0.15) is 0 Å².